The molecular weight excluding hydrogens is 152 g/mol. The van der Waals surface area contributed by atoms with Crippen molar-refractivity contribution < 1.29 is 4.74 Å². The van der Waals surface area contributed by atoms with E-state index in [1.165, 1.54) is 19.6 Å². The molecule has 0 unspecified atom stereocenters. The van der Waals surface area contributed by atoms with Crippen molar-refractivity contribution in [3.63, 3.8) is 0 Å². The van der Waals surface area contributed by atoms with Crippen molar-refractivity contribution in [2.45, 2.75) is 6.04 Å². The molecule has 0 aromatic heterocycles. The van der Waals surface area contributed by atoms with E-state index >= 15 is 0 Å². The first kappa shape index (κ1) is 7.30. The van der Waals surface area contributed by atoms with Gasteiger partial charge in [0.25, 0.3) is 0 Å². The fraction of sp³-hybridized carbons (Fsp3) is 1.00. The molecule has 3 saturated heterocycles. The maximum Gasteiger partial charge on any atom is 0.0625 e. The largest absolute Gasteiger partial charge is 0.378 e. The van der Waals surface area contributed by atoms with E-state index < -0.39 is 0 Å². The lowest BCUT2D eigenvalue weighted by molar-refractivity contribution is 0.00132. The number of ether oxygens (including phenoxy) is 1. The summed E-state index contributed by atoms with van der Waals surface area (Å²) in [6.45, 7) is 6.85. The van der Waals surface area contributed by atoms with Crippen LogP contribution in [0.5, 0.6) is 0 Å². The van der Waals surface area contributed by atoms with Gasteiger partial charge in [-0.05, 0) is 24.9 Å². The zero-order valence-corrected chi connectivity index (χ0v) is 7.33. The molecule has 0 amide bonds. The fourth-order valence-corrected chi connectivity index (χ4v) is 2.98. The summed E-state index contributed by atoms with van der Waals surface area (Å²) in [7, 11) is 0. The quantitative estimate of drug-likeness (QED) is 0.529. The van der Waals surface area contributed by atoms with Crippen LogP contribution in [0.3, 0.4) is 0 Å². The van der Waals surface area contributed by atoms with E-state index in [0.29, 0.717) is 0 Å². The van der Waals surface area contributed by atoms with Gasteiger partial charge < -0.3 is 10.1 Å². The highest BCUT2D eigenvalue weighted by Gasteiger charge is 2.44. The van der Waals surface area contributed by atoms with Gasteiger partial charge in [0.2, 0.25) is 0 Å². The van der Waals surface area contributed by atoms with Gasteiger partial charge in [-0.15, -0.1) is 0 Å². The first-order valence-corrected chi connectivity index (χ1v) is 4.97. The van der Waals surface area contributed by atoms with Gasteiger partial charge >= 0.3 is 0 Å². The minimum Gasteiger partial charge on any atom is -0.378 e. The van der Waals surface area contributed by atoms with Crippen molar-refractivity contribution in [3.05, 3.63) is 0 Å². The lowest BCUT2D eigenvalue weighted by Crippen LogP contribution is -2.44. The lowest BCUT2D eigenvalue weighted by atomic mass is 9.94. The van der Waals surface area contributed by atoms with Crippen molar-refractivity contribution in [1.82, 2.24) is 10.2 Å². The van der Waals surface area contributed by atoms with E-state index in [0.717, 1.165) is 37.6 Å². The van der Waals surface area contributed by atoms with E-state index in [2.05, 4.69) is 10.2 Å². The molecule has 3 heterocycles. The topological polar surface area (TPSA) is 24.5 Å². The summed E-state index contributed by atoms with van der Waals surface area (Å²) in [4.78, 5) is 2.62. The average Bonchev–Trinajstić information content (AvgIpc) is 2.62. The van der Waals surface area contributed by atoms with E-state index in [1.807, 2.05) is 0 Å². The number of nitrogens with zero attached hydrogens (tertiary/aromatic N) is 1. The van der Waals surface area contributed by atoms with Crippen LogP contribution in [0.4, 0.5) is 0 Å². The predicted molar refractivity (Wildman–Crippen MR) is 46.0 cm³/mol. The van der Waals surface area contributed by atoms with Crippen LogP contribution in [0, 0.1) is 11.8 Å². The third-order valence-electron chi connectivity index (χ3n) is 3.64. The smallest absolute Gasteiger partial charge is 0.0625 e. The highest BCUT2D eigenvalue weighted by atomic mass is 16.5. The minimum absolute atomic E-state index is 0.735. The van der Waals surface area contributed by atoms with Crippen molar-refractivity contribution in [2.24, 2.45) is 11.8 Å². The van der Waals surface area contributed by atoms with Gasteiger partial charge in [0, 0.05) is 19.1 Å². The van der Waals surface area contributed by atoms with Crippen LogP contribution in [0.25, 0.3) is 0 Å². The number of hydrogen-bond donors (Lipinski definition) is 1. The van der Waals surface area contributed by atoms with Gasteiger partial charge in [-0.25, -0.2) is 0 Å². The van der Waals surface area contributed by atoms with Crippen LogP contribution in [-0.4, -0.2) is 50.3 Å². The van der Waals surface area contributed by atoms with Crippen molar-refractivity contribution in [2.75, 3.05) is 39.4 Å². The van der Waals surface area contributed by atoms with Crippen LogP contribution < -0.4 is 5.32 Å². The normalized spacial score (nSPS) is 47.5. The molecule has 0 spiro atoms. The van der Waals surface area contributed by atoms with Crippen LogP contribution in [-0.2, 0) is 4.74 Å². The molecule has 3 fully saturated rings. The Balaban J connectivity index is 1.79. The molecule has 0 radical (unpaired) electrons. The molecule has 3 aliphatic heterocycles. The molecule has 0 aromatic rings. The standard InChI is InChI=1S/C9H16N2O/c1-2-12-6-9-8-4-10-3-7(8)5-11(1)9/h7-10H,1-6H2/t7-,8-,9-/m0/s1. The van der Waals surface area contributed by atoms with Crippen molar-refractivity contribution in [1.29, 1.82) is 0 Å². The van der Waals surface area contributed by atoms with Crippen LogP contribution in [0.15, 0.2) is 0 Å². The number of rotatable bonds is 0. The van der Waals surface area contributed by atoms with Gasteiger partial charge in [-0.1, -0.05) is 0 Å². The molecule has 3 nitrogen and oxygen atoms in total. The summed E-state index contributed by atoms with van der Waals surface area (Å²) in [5.41, 5.74) is 0. The number of hydrogen-bond acceptors (Lipinski definition) is 3. The lowest BCUT2D eigenvalue weighted by Gasteiger charge is -2.31. The Morgan fingerprint density at radius 2 is 2.33 bits per heavy atom. The van der Waals surface area contributed by atoms with Gasteiger partial charge in [-0.2, -0.15) is 0 Å². The third kappa shape index (κ3) is 0.934. The monoisotopic (exact) mass is 168 g/mol. The Morgan fingerprint density at radius 1 is 1.33 bits per heavy atom. The molecule has 3 atom stereocenters. The van der Waals surface area contributed by atoms with Crippen molar-refractivity contribution in [3.8, 4) is 0 Å². The summed E-state index contributed by atoms with van der Waals surface area (Å²) in [6.07, 6.45) is 0. The number of fused-ring (bicyclic) bond motifs is 3. The summed E-state index contributed by atoms with van der Waals surface area (Å²) < 4.78 is 5.52. The Labute approximate surface area is 73.1 Å². The minimum atomic E-state index is 0.735. The Morgan fingerprint density at radius 3 is 3.33 bits per heavy atom. The number of morpholine rings is 1. The van der Waals surface area contributed by atoms with E-state index in [1.54, 1.807) is 0 Å². The van der Waals surface area contributed by atoms with Crippen LogP contribution in [0.2, 0.25) is 0 Å². The van der Waals surface area contributed by atoms with E-state index in [9.17, 15) is 0 Å². The van der Waals surface area contributed by atoms with Gasteiger partial charge in [-0.3, -0.25) is 4.90 Å². The molecule has 1 N–H and O–H groups in total. The van der Waals surface area contributed by atoms with Gasteiger partial charge in [0.15, 0.2) is 0 Å². The molecule has 0 saturated carbocycles. The summed E-state index contributed by atoms with van der Waals surface area (Å²) >= 11 is 0. The first-order valence-electron chi connectivity index (χ1n) is 4.97. The summed E-state index contributed by atoms with van der Waals surface area (Å²) in [5, 5.41) is 3.48. The summed E-state index contributed by atoms with van der Waals surface area (Å²) in [6, 6.07) is 0.735. The zero-order valence-electron chi connectivity index (χ0n) is 7.33. The van der Waals surface area contributed by atoms with Gasteiger partial charge in [0.1, 0.15) is 0 Å². The average molecular weight is 168 g/mol. The zero-order chi connectivity index (χ0) is 7.97. The van der Waals surface area contributed by atoms with Crippen LogP contribution in [0.1, 0.15) is 0 Å². The molecule has 68 valence electrons. The van der Waals surface area contributed by atoms with Crippen LogP contribution >= 0.6 is 0 Å². The molecular formula is C9H16N2O. The molecule has 0 aliphatic carbocycles. The van der Waals surface area contributed by atoms with E-state index in [4.69, 9.17) is 4.74 Å². The Hall–Kier alpha value is -0.120. The molecule has 3 heteroatoms. The van der Waals surface area contributed by atoms with E-state index in [-0.39, 0.29) is 0 Å². The van der Waals surface area contributed by atoms with Crippen molar-refractivity contribution >= 4 is 0 Å². The molecule has 0 aromatic carbocycles. The highest BCUT2D eigenvalue weighted by molar-refractivity contribution is 4.99. The Bertz CT molecular complexity index is 185. The maximum absolute atomic E-state index is 5.52. The molecule has 12 heavy (non-hydrogen) atoms. The number of nitrogens with one attached hydrogen (secondary N) is 1. The predicted octanol–water partition coefficient (Wildman–Crippen LogP) is -0.464. The second-order valence-electron chi connectivity index (χ2n) is 4.22. The van der Waals surface area contributed by atoms with Gasteiger partial charge in [0.05, 0.1) is 13.2 Å². The molecule has 3 aliphatic rings. The SMILES string of the molecule is C1CN2C[C@@H]3CNC[C@@H]3[C@@H]2CO1. The second kappa shape index (κ2) is 2.69. The Kier molecular flexibility index (Phi) is 1.63. The summed E-state index contributed by atoms with van der Waals surface area (Å²) in [5.74, 6) is 1.79. The highest BCUT2D eigenvalue weighted by Crippen LogP contribution is 2.33. The third-order valence-corrected chi connectivity index (χ3v) is 3.64. The first-order chi connectivity index (χ1) is 5.95. The fourth-order valence-electron chi connectivity index (χ4n) is 2.98. The second-order valence-corrected chi connectivity index (χ2v) is 4.22. The molecule has 3 rings (SSSR count). The molecule has 0 bridgehead atoms. The maximum atomic E-state index is 5.52.